The summed E-state index contributed by atoms with van der Waals surface area (Å²) in [5, 5.41) is 9.68. The molecule has 0 bridgehead atoms. The van der Waals surface area contributed by atoms with Crippen molar-refractivity contribution in [3.8, 4) is 0 Å². The van der Waals surface area contributed by atoms with Gasteiger partial charge in [-0.25, -0.2) is 9.78 Å². The van der Waals surface area contributed by atoms with Crippen molar-refractivity contribution in [2.45, 2.75) is 63.1 Å². The van der Waals surface area contributed by atoms with Crippen molar-refractivity contribution in [3.63, 3.8) is 0 Å². The van der Waals surface area contributed by atoms with Crippen LogP contribution in [-0.2, 0) is 20.8 Å². The van der Waals surface area contributed by atoms with E-state index in [1.807, 2.05) is 0 Å². The number of aromatic amines is 1. The van der Waals surface area contributed by atoms with Crippen LogP contribution >= 0.6 is 0 Å². The van der Waals surface area contributed by atoms with Gasteiger partial charge in [-0.2, -0.15) is 0 Å². The predicted octanol–water partition coefficient (Wildman–Crippen LogP) is -1.33. The summed E-state index contributed by atoms with van der Waals surface area (Å²) >= 11 is 0. The van der Waals surface area contributed by atoms with Crippen molar-refractivity contribution >= 4 is 17.8 Å². The highest BCUT2D eigenvalue weighted by Gasteiger charge is 2.38. The second-order valence-corrected chi connectivity index (χ2v) is 6.96. The Morgan fingerprint density at radius 2 is 1.59 bits per heavy atom. The maximum Gasteiger partial charge on any atom is 0.326 e. The van der Waals surface area contributed by atoms with E-state index in [0.717, 1.165) is 4.90 Å². The van der Waals surface area contributed by atoms with E-state index < -0.39 is 35.9 Å². The molecular weight excluding hydrogens is 378 g/mol. The van der Waals surface area contributed by atoms with Gasteiger partial charge in [-0.3, -0.25) is 14.5 Å². The molecule has 0 aromatic carbocycles. The van der Waals surface area contributed by atoms with Gasteiger partial charge in [0.1, 0.15) is 6.04 Å². The van der Waals surface area contributed by atoms with Crippen molar-refractivity contribution in [3.05, 3.63) is 18.2 Å². The maximum absolute atomic E-state index is 13.0. The number of hydrogen-bond acceptors (Lipinski definition) is 8. The molecule has 2 amide bonds. The highest BCUT2D eigenvalue weighted by Crippen LogP contribution is 2.15. The summed E-state index contributed by atoms with van der Waals surface area (Å²) in [6.07, 6.45) is 5.69. The van der Waals surface area contributed by atoms with Gasteiger partial charge in [0, 0.05) is 18.3 Å². The van der Waals surface area contributed by atoms with Crippen LogP contribution in [0.5, 0.6) is 0 Å². The van der Waals surface area contributed by atoms with E-state index in [1.165, 1.54) is 12.5 Å². The molecule has 0 aliphatic carbocycles. The number of aromatic nitrogens is 2. The molecule has 29 heavy (non-hydrogen) atoms. The smallest absolute Gasteiger partial charge is 0.326 e. The van der Waals surface area contributed by atoms with Crippen LogP contribution in [0.15, 0.2) is 12.5 Å². The Morgan fingerprint density at radius 1 is 1.00 bits per heavy atom. The van der Waals surface area contributed by atoms with Crippen molar-refractivity contribution in [2.24, 2.45) is 22.9 Å². The van der Waals surface area contributed by atoms with E-state index >= 15 is 0 Å². The quantitative estimate of drug-likeness (QED) is 0.200. The lowest BCUT2D eigenvalue weighted by molar-refractivity contribution is -0.159. The Bertz CT molecular complexity index is 638. The Balaban J connectivity index is 3.04. The summed E-state index contributed by atoms with van der Waals surface area (Å²) in [4.78, 5) is 45.2. The zero-order valence-electron chi connectivity index (χ0n) is 16.6. The minimum Gasteiger partial charge on any atom is -0.480 e. The molecule has 10 N–H and O–H groups in total. The van der Waals surface area contributed by atoms with Gasteiger partial charge in [-0.05, 0) is 45.2 Å². The topological polar surface area (TPSA) is 207 Å². The summed E-state index contributed by atoms with van der Waals surface area (Å²) in [6, 6.07) is -3.48. The average molecular weight is 412 g/mol. The molecule has 0 aliphatic rings. The van der Waals surface area contributed by atoms with E-state index in [-0.39, 0.29) is 12.8 Å². The van der Waals surface area contributed by atoms with Crippen molar-refractivity contribution in [1.29, 1.82) is 0 Å². The first kappa shape index (κ1) is 24.7. The number of carboxylic acids is 1. The van der Waals surface area contributed by atoms with Crippen LogP contribution in [0.25, 0.3) is 0 Å². The number of nitrogens with two attached hydrogens (primary N) is 4. The molecule has 3 unspecified atom stereocenters. The van der Waals surface area contributed by atoms with E-state index in [4.69, 9.17) is 22.9 Å². The number of hydrogen-bond donors (Lipinski definition) is 6. The lowest BCUT2D eigenvalue weighted by Gasteiger charge is -2.31. The third-order valence-corrected chi connectivity index (χ3v) is 4.60. The van der Waals surface area contributed by atoms with E-state index in [1.54, 1.807) is 0 Å². The Morgan fingerprint density at radius 3 is 2.10 bits per heavy atom. The summed E-state index contributed by atoms with van der Waals surface area (Å²) < 4.78 is 0. The van der Waals surface area contributed by atoms with Crippen LogP contribution in [0.2, 0.25) is 0 Å². The molecule has 1 aromatic heterocycles. The van der Waals surface area contributed by atoms with Crippen molar-refractivity contribution in [1.82, 2.24) is 14.9 Å². The number of carbonyl (C=O) groups is 3. The molecule has 0 fully saturated rings. The Labute approximate surface area is 170 Å². The summed E-state index contributed by atoms with van der Waals surface area (Å²) in [5.41, 5.74) is 23.5. The zero-order valence-corrected chi connectivity index (χ0v) is 16.6. The number of imide groups is 1. The predicted molar refractivity (Wildman–Crippen MR) is 107 cm³/mol. The molecule has 0 spiro atoms. The van der Waals surface area contributed by atoms with Gasteiger partial charge in [0.15, 0.2) is 0 Å². The zero-order chi connectivity index (χ0) is 21.8. The second kappa shape index (κ2) is 13.0. The molecule has 3 atom stereocenters. The molecule has 1 rings (SSSR count). The first-order valence-electron chi connectivity index (χ1n) is 9.81. The normalized spacial score (nSPS) is 14.2. The first-order valence-corrected chi connectivity index (χ1v) is 9.81. The molecule has 0 aliphatic heterocycles. The SMILES string of the molecule is NCCCCC(N)C(=O)N(C(=O)C(N)Cc1cnc[nH]1)C(CCCCN)C(=O)O. The van der Waals surface area contributed by atoms with Crippen LogP contribution in [0, 0.1) is 0 Å². The molecule has 164 valence electrons. The monoisotopic (exact) mass is 411 g/mol. The van der Waals surface area contributed by atoms with Gasteiger partial charge >= 0.3 is 5.97 Å². The van der Waals surface area contributed by atoms with Crippen LogP contribution in [0.3, 0.4) is 0 Å². The number of amides is 2. The molecule has 0 saturated carbocycles. The lowest BCUT2D eigenvalue weighted by Crippen LogP contribution is -2.58. The second-order valence-electron chi connectivity index (χ2n) is 6.96. The van der Waals surface area contributed by atoms with Crippen LogP contribution < -0.4 is 22.9 Å². The summed E-state index contributed by atoms with van der Waals surface area (Å²) in [5.74, 6) is -2.81. The third-order valence-electron chi connectivity index (χ3n) is 4.60. The fraction of sp³-hybridized carbons (Fsp3) is 0.667. The van der Waals surface area contributed by atoms with Crippen LogP contribution in [0.1, 0.15) is 44.2 Å². The lowest BCUT2D eigenvalue weighted by atomic mass is 10.0. The number of carboxylic acid groups (broad SMARTS) is 1. The molecular formula is C18H33N7O4. The molecule has 1 heterocycles. The summed E-state index contributed by atoms with van der Waals surface area (Å²) in [6.45, 7) is 0.835. The van der Waals surface area contributed by atoms with Crippen LogP contribution in [0.4, 0.5) is 0 Å². The highest BCUT2D eigenvalue weighted by atomic mass is 16.4. The Kier molecular flexibility index (Phi) is 11.1. The van der Waals surface area contributed by atoms with E-state index in [9.17, 15) is 19.5 Å². The number of nitrogens with one attached hydrogen (secondary N) is 1. The Hall–Kier alpha value is -2.34. The van der Waals surface area contributed by atoms with Gasteiger partial charge < -0.3 is 33.0 Å². The average Bonchev–Trinajstić information content (AvgIpc) is 3.19. The molecule has 1 aromatic rings. The number of unbranched alkanes of at least 4 members (excludes halogenated alkanes) is 2. The van der Waals surface area contributed by atoms with Gasteiger partial charge in [0.05, 0.1) is 18.4 Å². The van der Waals surface area contributed by atoms with Crippen molar-refractivity contribution < 1.29 is 19.5 Å². The number of carbonyl (C=O) groups excluding carboxylic acids is 2. The maximum atomic E-state index is 13.0. The van der Waals surface area contributed by atoms with Crippen molar-refractivity contribution in [2.75, 3.05) is 13.1 Å². The molecule has 0 radical (unpaired) electrons. The van der Waals surface area contributed by atoms with Gasteiger partial charge in [-0.15, -0.1) is 0 Å². The number of aliphatic carboxylic acids is 1. The third kappa shape index (κ3) is 7.89. The molecule has 0 saturated heterocycles. The largest absolute Gasteiger partial charge is 0.480 e. The molecule has 11 heteroatoms. The standard InChI is InChI=1S/C18H33N7O4/c19-7-3-1-5-13(21)16(26)25(15(18(28)29)6-2-4-8-20)17(27)14(22)9-12-10-23-11-24-12/h10-11,13-15H,1-9,19-22H2,(H,23,24)(H,28,29). The number of nitrogens with zero attached hydrogens (tertiary/aromatic N) is 2. The molecule has 11 nitrogen and oxygen atoms in total. The summed E-state index contributed by atoms with van der Waals surface area (Å²) in [7, 11) is 0. The minimum absolute atomic E-state index is 0.0797. The first-order chi connectivity index (χ1) is 13.8. The number of H-pyrrole nitrogens is 1. The fourth-order valence-electron chi connectivity index (χ4n) is 2.97. The highest BCUT2D eigenvalue weighted by molar-refractivity contribution is 6.03. The van der Waals surface area contributed by atoms with E-state index in [2.05, 4.69) is 9.97 Å². The van der Waals surface area contributed by atoms with Gasteiger partial charge in [-0.1, -0.05) is 6.42 Å². The number of rotatable bonds is 14. The van der Waals surface area contributed by atoms with Crippen LogP contribution in [-0.4, -0.2) is 69.0 Å². The van der Waals surface area contributed by atoms with Gasteiger partial charge in [0.25, 0.3) is 0 Å². The minimum atomic E-state index is -1.35. The number of imidazole rings is 1. The fourth-order valence-corrected chi connectivity index (χ4v) is 2.97. The van der Waals surface area contributed by atoms with E-state index in [0.29, 0.717) is 50.9 Å². The van der Waals surface area contributed by atoms with Gasteiger partial charge in [0.2, 0.25) is 11.8 Å².